The van der Waals surface area contributed by atoms with Crippen LogP contribution in [0.15, 0.2) is 41.8 Å². The lowest BCUT2D eigenvalue weighted by molar-refractivity contribution is -0.157. The van der Waals surface area contributed by atoms with Crippen molar-refractivity contribution in [3.8, 4) is 0 Å². The van der Waals surface area contributed by atoms with Crippen molar-refractivity contribution >= 4 is 40.6 Å². The van der Waals surface area contributed by atoms with Gasteiger partial charge >= 0.3 is 5.97 Å². The fourth-order valence-electron chi connectivity index (χ4n) is 4.31. The van der Waals surface area contributed by atoms with Crippen molar-refractivity contribution in [3.63, 3.8) is 0 Å². The molecular weight excluding hydrogens is 432 g/mol. The minimum Gasteiger partial charge on any atom is -0.463 e. The molecule has 32 heavy (non-hydrogen) atoms. The van der Waals surface area contributed by atoms with Gasteiger partial charge in [0.15, 0.2) is 5.78 Å². The van der Waals surface area contributed by atoms with Gasteiger partial charge in [0, 0.05) is 32.9 Å². The van der Waals surface area contributed by atoms with E-state index >= 15 is 0 Å². The van der Waals surface area contributed by atoms with E-state index in [1.54, 1.807) is 30.3 Å². The predicted molar refractivity (Wildman–Crippen MR) is 118 cm³/mol. The van der Waals surface area contributed by atoms with E-state index in [-0.39, 0.29) is 56.6 Å². The van der Waals surface area contributed by atoms with Crippen LogP contribution in [0.4, 0.5) is 5.69 Å². The molecule has 2 aliphatic rings. The summed E-state index contributed by atoms with van der Waals surface area (Å²) in [5, 5.41) is 1.84. The van der Waals surface area contributed by atoms with E-state index in [1.807, 2.05) is 11.4 Å². The van der Waals surface area contributed by atoms with E-state index < -0.39 is 11.6 Å². The van der Waals surface area contributed by atoms with Crippen LogP contribution in [0.1, 0.15) is 45.7 Å². The number of para-hydroxylation sites is 1. The quantitative estimate of drug-likeness (QED) is 0.327. The van der Waals surface area contributed by atoms with Gasteiger partial charge in [-0.05, 0) is 30.0 Å². The second kappa shape index (κ2) is 9.22. The number of ether oxygens (including phenoxy) is 2. The zero-order valence-electron chi connectivity index (χ0n) is 17.7. The number of fused-ring (bicyclic) bond motifs is 3. The van der Waals surface area contributed by atoms with Gasteiger partial charge in [0.05, 0.1) is 29.3 Å². The largest absolute Gasteiger partial charge is 0.463 e. The molecule has 0 radical (unpaired) electrons. The summed E-state index contributed by atoms with van der Waals surface area (Å²) in [5.41, 5.74) is -0.763. The third kappa shape index (κ3) is 3.71. The molecule has 1 unspecified atom stereocenters. The first-order chi connectivity index (χ1) is 15.5. The summed E-state index contributed by atoms with van der Waals surface area (Å²) in [6, 6.07) is 10.4. The van der Waals surface area contributed by atoms with Crippen molar-refractivity contribution in [2.45, 2.75) is 31.3 Å². The normalized spacial score (nSPS) is 19.7. The minimum atomic E-state index is -1.54. The number of hydrogen-bond acceptors (Lipinski definition) is 7. The van der Waals surface area contributed by atoms with Crippen LogP contribution < -0.4 is 4.90 Å². The van der Waals surface area contributed by atoms with Crippen molar-refractivity contribution in [3.05, 3.63) is 52.2 Å². The molecule has 1 fully saturated rings. The van der Waals surface area contributed by atoms with Crippen LogP contribution in [-0.4, -0.2) is 61.0 Å². The number of rotatable bonds is 9. The Morgan fingerprint density at radius 2 is 1.94 bits per heavy atom. The molecular formula is C23H24N2O6S. The van der Waals surface area contributed by atoms with E-state index in [4.69, 9.17) is 9.47 Å². The summed E-state index contributed by atoms with van der Waals surface area (Å²) in [4.78, 5) is 55.2. The predicted octanol–water partition coefficient (Wildman–Crippen LogP) is 2.88. The van der Waals surface area contributed by atoms with E-state index in [1.165, 1.54) is 28.2 Å². The summed E-state index contributed by atoms with van der Waals surface area (Å²) in [7, 11) is 1.51. The molecule has 1 saturated heterocycles. The first-order valence-electron chi connectivity index (χ1n) is 10.5. The number of nitrogens with zero attached hydrogens (tertiary/aromatic N) is 2. The zero-order chi connectivity index (χ0) is 22.7. The Morgan fingerprint density at radius 1 is 1.12 bits per heavy atom. The van der Waals surface area contributed by atoms with Crippen LogP contribution in [0.3, 0.4) is 0 Å². The molecule has 2 aliphatic heterocycles. The summed E-state index contributed by atoms with van der Waals surface area (Å²) < 4.78 is 10.7. The minimum absolute atomic E-state index is 0.00428. The fourth-order valence-corrected chi connectivity index (χ4v) is 5.00. The van der Waals surface area contributed by atoms with Crippen LogP contribution in [0.2, 0.25) is 0 Å². The Kier molecular flexibility index (Phi) is 6.38. The molecule has 4 rings (SSSR count). The first kappa shape index (κ1) is 22.2. The van der Waals surface area contributed by atoms with Crippen molar-refractivity contribution in [2.24, 2.45) is 0 Å². The molecule has 1 aromatic heterocycles. The molecule has 2 aromatic rings. The molecule has 0 spiro atoms. The van der Waals surface area contributed by atoms with E-state index in [0.717, 1.165) is 0 Å². The molecule has 9 heteroatoms. The van der Waals surface area contributed by atoms with Gasteiger partial charge in [-0.15, -0.1) is 11.3 Å². The topological polar surface area (TPSA) is 93.2 Å². The number of methoxy groups -OCH3 is 1. The third-order valence-electron chi connectivity index (χ3n) is 5.80. The van der Waals surface area contributed by atoms with E-state index in [0.29, 0.717) is 22.5 Å². The van der Waals surface area contributed by atoms with Gasteiger partial charge in [-0.1, -0.05) is 18.2 Å². The Morgan fingerprint density at radius 3 is 2.69 bits per heavy atom. The van der Waals surface area contributed by atoms with Gasteiger partial charge in [-0.3, -0.25) is 19.3 Å². The fraction of sp³-hybridized carbons (Fsp3) is 0.391. The molecule has 1 aromatic carbocycles. The molecule has 2 amide bonds. The number of Topliss-reactive ketones (excluding diaryl/α,β-unsaturated/α-hetero) is 1. The smallest absolute Gasteiger partial charge is 0.353 e. The highest BCUT2D eigenvalue weighted by Crippen LogP contribution is 2.45. The van der Waals surface area contributed by atoms with Crippen molar-refractivity contribution in [1.29, 1.82) is 0 Å². The van der Waals surface area contributed by atoms with Crippen LogP contribution in [-0.2, 0) is 19.1 Å². The number of hydrogen-bond donors (Lipinski definition) is 0. The maximum absolute atomic E-state index is 13.4. The van der Waals surface area contributed by atoms with E-state index in [9.17, 15) is 19.2 Å². The van der Waals surface area contributed by atoms with Gasteiger partial charge in [-0.2, -0.15) is 0 Å². The molecule has 0 saturated carbocycles. The second-order valence-electron chi connectivity index (χ2n) is 7.65. The van der Waals surface area contributed by atoms with Crippen molar-refractivity contribution in [1.82, 2.24) is 4.90 Å². The molecule has 1 atom stereocenters. The highest BCUT2D eigenvalue weighted by atomic mass is 32.1. The van der Waals surface area contributed by atoms with Crippen LogP contribution >= 0.6 is 11.3 Å². The van der Waals surface area contributed by atoms with Crippen LogP contribution in [0.25, 0.3) is 0 Å². The van der Waals surface area contributed by atoms with Gasteiger partial charge in [0.2, 0.25) is 11.6 Å². The average Bonchev–Trinajstić information content (AvgIpc) is 3.46. The summed E-state index contributed by atoms with van der Waals surface area (Å²) in [6.45, 7) is 0.368. The highest BCUT2D eigenvalue weighted by Gasteiger charge is 2.61. The Balaban J connectivity index is 1.56. The van der Waals surface area contributed by atoms with Crippen LogP contribution in [0.5, 0.6) is 0 Å². The summed E-state index contributed by atoms with van der Waals surface area (Å²) >= 11 is 1.37. The zero-order valence-corrected chi connectivity index (χ0v) is 18.6. The van der Waals surface area contributed by atoms with Gasteiger partial charge in [-0.25, -0.2) is 4.79 Å². The number of carbonyl (C=O) groups is 4. The van der Waals surface area contributed by atoms with Crippen molar-refractivity contribution < 1.29 is 28.7 Å². The molecule has 0 N–H and O–H groups in total. The van der Waals surface area contributed by atoms with Crippen LogP contribution in [0, 0.1) is 0 Å². The molecule has 3 heterocycles. The molecule has 0 aliphatic carbocycles. The van der Waals surface area contributed by atoms with Crippen molar-refractivity contribution in [2.75, 3.05) is 31.8 Å². The summed E-state index contributed by atoms with van der Waals surface area (Å²) in [6.07, 6.45) is 0.868. The average molecular weight is 457 g/mol. The van der Waals surface area contributed by atoms with Gasteiger partial charge < -0.3 is 14.4 Å². The lowest BCUT2D eigenvalue weighted by atomic mass is 9.96. The number of carbonyl (C=O) groups excluding carboxylic acids is 4. The first-order valence-corrected chi connectivity index (χ1v) is 11.4. The SMILES string of the molecule is COCCN1C(=O)c2ccccc2N2C(=O)CCC12C(=O)OCCCC(=O)c1cccs1. The maximum Gasteiger partial charge on any atom is 0.353 e. The van der Waals surface area contributed by atoms with Gasteiger partial charge in [0.25, 0.3) is 5.91 Å². The monoisotopic (exact) mass is 456 g/mol. The highest BCUT2D eigenvalue weighted by molar-refractivity contribution is 7.12. The lowest BCUT2D eigenvalue weighted by Gasteiger charge is -2.48. The Bertz CT molecular complexity index is 1040. The number of amides is 2. The number of benzene rings is 1. The number of esters is 1. The Labute approximate surface area is 189 Å². The number of thiophene rings is 1. The Hall–Kier alpha value is -3.04. The summed E-state index contributed by atoms with van der Waals surface area (Å²) in [5.74, 6) is -1.24. The third-order valence-corrected chi connectivity index (χ3v) is 6.71. The molecule has 168 valence electrons. The molecule has 8 nitrogen and oxygen atoms in total. The number of anilines is 1. The lowest BCUT2D eigenvalue weighted by Crippen LogP contribution is -2.69. The maximum atomic E-state index is 13.4. The second-order valence-corrected chi connectivity index (χ2v) is 8.60. The van der Waals surface area contributed by atoms with Gasteiger partial charge in [0.1, 0.15) is 0 Å². The standard InChI is InChI=1S/C23H24N2O6S/c1-30-14-12-24-21(28)16-6-2-3-7-17(16)25-20(27)10-11-23(24,25)22(29)31-13-4-8-18(26)19-9-5-15-32-19/h2-3,5-7,9,15H,4,8,10-14H2,1H3. The van der Waals surface area contributed by atoms with E-state index in [2.05, 4.69) is 0 Å². The molecule has 0 bridgehead atoms. The number of ketones is 1.